The maximum atomic E-state index is 11.9. The first-order valence-corrected chi connectivity index (χ1v) is 9.95. The van der Waals surface area contributed by atoms with E-state index in [1.54, 1.807) is 0 Å². The summed E-state index contributed by atoms with van der Waals surface area (Å²) < 4.78 is 0.842. The van der Waals surface area contributed by atoms with E-state index in [1.165, 1.54) is 0 Å². The molecule has 2 N–H and O–H groups in total. The molecule has 0 aliphatic carbocycles. The number of halogens is 2. The number of rotatable bonds is 5. The Morgan fingerprint density at radius 3 is 2.69 bits per heavy atom. The second-order valence-electron chi connectivity index (χ2n) is 6.12. The summed E-state index contributed by atoms with van der Waals surface area (Å²) in [5.41, 5.74) is 3.10. The van der Waals surface area contributed by atoms with Gasteiger partial charge in [0.05, 0.1) is 5.02 Å². The molecule has 0 aromatic heterocycles. The van der Waals surface area contributed by atoms with Crippen LogP contribution in [0.5, 0.6) is 0 Å². The molecule has 0 radical (unpaired) electrons. The molecule has 0 unspecified atom stereocenters. The highest BCUT2D eigenvalue weighted by Gasteiger charge is 2.20. The van der Waals surface area contributed by atoms with E-state index in [0.717, 1.165) is 34.3 Å². The molecular weight excluding hydrogens is 434 g/mol. The van der Waals surface area contributed by atoms with Gasteiger partial charge in [0.2, 0.25) is 5.91 Å². The van der Waals surface area contributed by atoms with Crippen molar-refractivity contribution in [1.82, 2.24) is 10.2 Å². The molecular formula is C19H19BrClN3OS. The lowest BCUT2D eigenvalue weighted by Gasteiger charge is -2.19. The molecule has 1 aliphatic rings. The number of carbonyl (C=O) groups excluding carboxylic acids is 1. The van der Waals surface area contributed by atoms with E-state index in [4.69, 9.17) is 23.8 Å². The number of hydrogen-bond donors (Lipinski definition) is 2. The van der Waals surface area contributed by atoms with Crippen molar-refractivity contribution in [3.8, 4) is 0 Å². The third-order valence-electron chi connectivity index (χ3n) is 4.27. The standard InChI is InChI=1S/C19H19BrClN3OS/c20-16-8-7-15(10-17(16)21)23-19(26)22-11-13-4-1-2-5-14(13)12-24-9-3-6-18(24)25/h1-2,4-5,7-8,10H,3,6,9,11-12H2,(H2,22,23,26). The fourth-order valence-corrected chi connectivity index (χ4v) is 3.50. The number of benzene rings is 2. The molecule has 0 spiro atoms. The second-order valence-corrected chi connectivity index (χ2v) is 7.79. The number of hydrogen-bond acceptors (Lipinski definition) is 2. The zero-order chi connectivity index (χ0) is 18.5. The molecule has 3 rings (SSSR count). The highest BCUT2D eigenvalue weighted by Crippen LogP contribution is 2.25. The van der Waals surface area contributed by atoms with Gasteiger partial charge >= 0.3 is 0 Å². The molecule has 1 fully saturated rings. The van der Waals surface area contributed by atoms with Crippen molar-refractivity contribution in [1.29, 1.82) is 0 Å². The Labute approximate surface area is 172 Å². The Morgan fingerprint density at radius 1 is 1.23 bits per heavy atom. The summed E-state index contributed by atoms with van der Waals surface area (Å²) in [4.78, 5) is 13.8. The molecule has 1 saturated heterocycles. The number of anilines is 1. The molecule has 26 heavy (non-hydrogen) atoms. The largest absolute Gasteiger partial charge is 0.358 e. The smallest absolute Gasteiger partial charge is 0.222 e. The predicted octanol–water partition coefficient (Wildman–Crippen LogP) is 4.71. The Morgan fingerprint density at radius 2 is 2.00 bits per heavy atom. The van der Waals surface area contributed by atoms with Crippen molar-refractivity contribution in [3.63, 3.8) is 0 Å². The van der Waals surface area contributed by atoms with E-state index in [-0.39, 0.29) is 5.91 Å². The van der Waals surface area contributed by atoms with Crippen LogP contribution >= 0.6 is 39.7 Å². The van der Waals surface area contributed by atoms with E-state index in [9.17, 15) is 4.79 Å². The first-order valence-electron chi connectivity index (χ1n) is 8.37. The molecule has 1 aliphatic heterocycles. The molecule has 2 aromatic carbocycles. The van der Waals surface area contributed by atoms with Gasteiger partial charge in [0, 0.05) is 36.2 Å². The quantitative estimate of drug-likeness (QED) is 0.645. The number of thiocarbonyl (C=S) groups is 1. The monoisotopic (exact) mass is 451 g/mol. The Balaban J connectivity index is 1.59. The topological polar surface area (TPSA) is 44.4 Å². The van der Waals surface area contributed by atoms with Crippen LogP contribution in [0.3, 0.4) is 0 Å². The first kappa shape index (κ1) is 19.1. The predicted molar refractivity (Wildman–Crippen MR) is 113 cm³/mol. The van der Waals surface area contributed by atoms with E-state index in [1.807, 2.05) is 35.2 Å². The molecule has 0 bridgehead atoms. The highest BCUT2D eigenvalue weighted by molar-refractivity contribution is 9.10. The van der Waals surface area contributed by atoms with Crippen molar-refractivity contribution in [2.75, 3.05) is 11.9 Å². The maximum Gasteiger partial charge on any atom is 0.222 e. The molecule has 0 atom stereocenters. The Kier molecular flexibility index (Phi) is 6.51. The summed E-state index contributed by atoms with van der Waals surface area (Å²) in [6, 6.07) is 13.7. The lowest BCUT2D eigenvalue weighted by molar-refractivity contribution is -0.128. The minimum absolute atomic E-state index is 0.233. The van der Waals surface area contributed by atoms with Gasteiger partial charge in [0.1, 0.15) is 0 Å². The van der Waals surface area contributed by atoms with Crippen LogP contribution in [-0.2, 0) is 17.9 Å². The average Bonchev–Trinajstić information content (AvgIpc) is 3.02. The van der Waals surface area contributed by atoms with Crippen LogP contribution in [0.2, 0.25) is 5.02 Å². The number of nitrogens with zero attached hydrogens (tertiary/aromatic N) is 1. The molecule has 2 aromatic rings. The van der Waals surface area contributed by atoms with Gasteiger partial charge in [-0.1, -0.05) is 35.9 Å². The zero-order valence-electron chi connectivity index (χ0n) is 14.1. The lowest BCUT2D eigenvalue weighted by Crippen LogP contribution is -2.29. The first-order chi connectivity index (χ1) is 12.5. The molecule has 1 amide bonds. The molecule has 1 heterocycles. The zero-order valence-corrected chi connectivity index (χ0v) is 17.3. The maximum absolute atomic E-state index is 11.9. The van der Waals surface area contributed by atoms with Gasteiger partial charge in [0.25, 0.3) is 0 Å². The number of carbonyl (C=O) groups is 1. The van der Waals surface area contributed by atoms with Crippen molar-refractivity contribution in [3.05, 3.63) is 63.1 Å². The van der Waals surface area contributed by atoms with Crippen LogP contribution in [0, 0.1) is 0 Å². The van der Waals surface area contributed by atoms with Crippen molar-refractivity contribution in [2.45, 2.75) is 25.9 Å². The Bertz CT molecular complexity index is 830. The van der Waals surface area contributed by atoms with Crippen molar-refractivity contribution >= 4 is 56.5 Å². The van der Waals surface area contributed by atoms with Gasteiger partial charge in [-0.2, -0.15) is 0 Å². The Hall–Kier alpha value is -1.63. The van der Waals surface area contributed by atoms with E-state index in [0.29, 0.717) is 29.6 Å². The van der Waals surface area contributed by atoms with Gasteiger partial charge in [-0.05, 0) is 63.9 Å². The number of likely N-dealkylation sites (tertiary alicyclic amines) is 1. The second kappa shape index (κ2) is 8.84. The third-order valence-corrected chi connectivity index (χ3v) is 5.75. The van der Waals surface area contributed by atoms with Crippen LogP contribution in [-0.4, -0.2) is 22.5 Å². The van der Waals surface area contributed by atoms with Crippen molar-refractivity contribution in [2.24, 2.45) is 0 Å². The van der Waals surface area contributed by atoms with Crippen LogP contribution in [0.4, 0.5) is 5.69 Å². The molecule has 7 heteroatoms. The molecule has 136 valence electrons. The summed E-state index contributed by atoms with van der Waals surface area (Å²) in [5.74, 6) is 0.233. The SMILES string of the molecule is O=C1CCCN1Cc1ccccc1CNC(=S)Nc1ccc(Br)c(Cl)c1. The lowest BCUT2D eigenvalue weighted by atomic mass is 10.1. The van der Waals surface area contributed by atoms with Crippen LogP contribution in [0.15, 0.2) is 46.9 Å². The van der Waals surface area contributed by atoms with Gasteiger partial charge in [-0.25, -0.2) is 0 Å². The fraction of sp³-hybridized carbons (Fsp3) is 0.263. The van der Waals surface area contributed by atoms with Crippen LogP contribution < -0.4 is 10.6 Å². The van der Waals surface area contributed by atoms with Gasteiger partial charge in [-0.3, -0.25) is 4.79 Å². The highest BCUT2D eigenvalue weighted by atomic mass is 79.9. The van der Waals surface area contributed by atoms with Gasteiger partial charge in [0.15, 0.2) is 5.11 Å². The molecule has 0 saturated carbocycles. The van der Waals surface area contributed by atoms with Crippen LogP contribution in [0.1, 0.15) is 24.0 Å². The van der Waals surface area contributed by atoms with Crippen LogP contribution in [0.25, 0.3) is 0 Å². The summed E-state index contributed by atoms with van der Waals surface area (Å²) in [5, 5.41) is 7.50. The normalized spacial score (nSPS) is 13.8. The van der Waals surface area contributed by atoms with Gasteiger partial charge in [-0.15, -0.1) is 0 Å². The minimum atomic E-state index is 0.233. The minimum Gasteiger partial charge on any atom is -0.358 e. The summed E-state index contributed by atoms with van der Waals surface area (Å²) >= 11 is 14.8. The van der Waals surface area contributed by atoms with E-state index in [2.05, 4.69) is 38.7 Å². The molecule has 4 nitrogen and oxygen atoms in total. The number of nitrogens with one attached hydrogen (secondary N) is 2. The fourth-order valence-electron chi connectivity index (χ4n) is 2.89. The number of amides is 1. The van der Waals surface area contributed by atoms with E-state index < -0.39 is 0 Å². The van der Waals surface area contributed by atoms with Crippen molar-refractivity contribution < 1.29 is 4.79 Å². The summed E-state index contributed by atoms with van der Waals surface area (Å²) in [6.45, 7) is 2.08. The summed E-state index contributed by atoms with van der Waals surface area (Å²) in [7, 11) is 0. The average molecular weight is 453 g/mol. The third kappa shape index (κ3) is 4.96. The van der Waals surface area contributed by atoms with E-state index >= 15 is 0 Å². The summed E-state index contributed by atoms with van der Waals surface area (Å²) in [6.07, 6.45) is 1.60. The van der Waals surface area contributed by atoms with Gasteiger partial charge < -0.3 is 15.5 Å².